The summed E-state index contributed by atoms with van der Waals surface area (Å²) in [7, 11) is 0. The molecule has 0 spiro atoms. The number of hydrogen-bond donors (Lipinski definition) is 1. The van der Waals surface area contributed by atoms with Crippen molar-refractivity contribution in [2.24, 2.45) is 0 Å². The van der Waals surface area contributed by atoms with Gasteiger partial charge in [-0.2, -0.15) is 0 Å². The summed E-state index contributed by atoms with van der Waals surface area (Å²) in [5.74, 6) is 1.39. The Morgan fingerprint density at radius 3 is 2.71 bits per heavy atom. The third kappa shape index (κ3) is 3.24. The van der Waals surface area contributed by atoms with Gasteiger partial charge in [-0.3, -0.25) is 0 Å². The Labute approximate surface area is 166 Å². The van der Waals surface area contributed by atoms with Gasteiger partial charge in [0.25, 0.3) is 0 Å². The van der Waals surface area contributed by atoms with Crippen molar-refractivity contribution in [2.75, 3.05) is 30.3 Å². The Bertz CT molecular complexity index is 884. The van der Waals surface area contributed by atoms with E-state index in [2.05, 4.69) is 27.1 Å². The van der Waals surface area contributed by atoms with Crippen molar-refractivity contribution in [3.05, 3.63) is 42.0 Å². The number of rotatable bonds is 2. The van der Waals surface area contributed by atoms with E-state index in [4.69, 9.17) is 0 Å². The number of alkyl halides is 3. The number of halogens is 3. The first-order chi connectivity index (χ1) is 13.5. The normalized spacial score (nSPS) is 23.8. The average molecular weight is 406 g/mol. The minimum atomic E-state index is -4.67. The van der Waals surface area contributed by atoms with Crippen LogP contribution in [0, 0.1) is 0 Å². The molecule has 5 rings (SSSR count). The molecule has 3 nitrogen and oxygen atoms in total. The van der Waals surface area contributed by atoms with Crippen LogP contribution in [0.2, 0.25) is 0 Å². The van der Waals surface area contributed by atoms with Crippen LogP contribution in [0.1, 0.15) is 24.3 Å². The Morgan fingerprint density at radius 1 is 1.11 bits per heavy atom. The molecular weight excluding hydrogens is 385 g/mol. The van der Waals surface area contributed by atoms with Crippen LogP contribution in [0.15, 0.2) is 41.3 Å². The Kier molecular flexibility index (Phi) is 4.47. The van der Waals surface area contributed by atoms with Crippen LogP contribution < -0.4 is 15.0 Å². The maximum atomic E-state index is 12.4. The van der Waals surface area contributed by atoms with Gasteiger partial charge in [0.1, 0.15) is 5.75 Å². The van der Waals surface area contributed by atoms with Gasteiger partial charge >= 0.3 is 6.36 Å². The first kappa shape index (κ1) is 18.2. The number of anilines is 1. The van der Waals surface area contributed by atoms with Crippen molar-refractivity contribution >= 4 is 17.4 Å². The highest BCUT2D eigenvalue weighted by Crippen LogP contribution is 2.51. The monoisotopic (exact) mass is 406 g/mol. The van der Waals surface area contributed by atoms with Gasteiger partial charge in [-0.05, 0) is 66.1 Å². The van der Waals surface area contributed by atoms with Gasteiger partial charge in [0.2, 0.25) is 0 Å². The Hall–Kier alpha value is -1.86. The summed E-state index contributed by atoms with van der Waals surface area (Å²) < 4.78 is 41.3. The van der Waals surface area contributed by atoms with Crippen molar-refractivity contribution < 1.29 is 17.9 Å². The zero-order valence-electron chi connectivity index (χ0n) is 15.3. The van der Waals surface area contributed by atoms with Crippen LogP contribution in [0.5, 0.6) is 5.75 Å². The van der Waals surface area contributed by atoms with E-state index in [9.17, 15) is 13.2 Å². The topological polar surface area (TPSA) is 24.5 Å². The molecule has 1 fully saturated rings. The van der Waals surface area contributed by atoms with Crippen molar-refractivity contribution in [1.82, 2.24) is 5.32 Å². The molecule has 0 radical (unpaired) electrons. The Balaban J connectivity index is 1.53. The maximum absolute atomic E-state index is 12.4. The second kappa shape index (κ2) is 6.88. The van der Waals surface area contributed by atoms with Crippen LogP contribution in [0.25, 0.3) is 11.1 Å². The zero-order valence-corrected chi connectivity index (χ0v) is 16.1. The molecule has 1 N–H and O–H groups in total. The van der Waals surface area contributed by atoms with E-state index >= 15 is 0 Å². The molecule has 2 aromatic carbocycles. The molecule has 3 aliphatic heterocycles. The fraction of sp³-hybridized carbons (Fsp3) is 0.429. The van der Waals surface area contributed by atoms with E-state index in [1.807, 2.05) is 11.8 Å². The minimum Gasteiger partial charge on any atom is -0.406 e. The van der Waals surface area contributed by atoms with E-state index in [1.165, 1.54) is 34.7 Å². The molecule has 2 atom stereocenters. The summed E-state index contributed by atoms with van der Waals surface area (Å²) in [6.45, 7) is 3.15. The van der Waals surface area contributed by atoms with Crippen molar-refractivity contribution in [1.29, 1.82) is 0 Å². The molecule has 7 heteroatoms. The highest BCUT2D eigenvalue weighted by molar-refractivity contribution is 7.99. The summed E-state index contributed by atoms with van der Waals surface area (Å²) in [5.41, 5.74) is 4.75. The lowest BCUT2D eigenvalue weighted by Gasteiger charge is -2.33. The number of nitrogens with one attached hydrogen (secondary N) is 1. The number of piperidine rings is 1. The summed E-state index contributed by atoms with van der Waals surface area (Å²) >= 11 is 1.90. The molecule has 3 aliphatic rings. The molecule has 0 amide bonds. The number of ether oxygens (including phenoxy) is 1. The first-order valence-corrected chi connectivity index (χ1v) is 10.6. The highest BCUT2D eigenvalue weighted by atomic mass is 32.2. The van der Waals surface area contributed by atoms with Gasteiger partial charge in [0, 0.05) is 29.9 Å². The number of benzene rings is 2. The standard InChI is InChI=1S/C21H21F3N2OS/c22-21(23,24)27-15-4-2-13(3-5-15)14-10-16-17-12-25-7-6-18(17)26-8-1-9-28-19(11-14)20(16)26/h2-5,10-11,17-18,25H,1,6-9,12H2/t17-,18-/m0/s1. The van der Waals surface area contributed by atoms with Crippen LogP contribution in [0.4, 0.5) is 18.9 Å². The molecular formula is C21H21F3N2OS. The molecule has 1 saturated heterocycles. The molecule has 28 heavy (non-hydrogen) atoms. The van der Waals surface area contributed by atoms with Crippen LogP contribution in [-0.2, 0) is 0 Å². The molecule has 0 saturated carbocycles. The zero-order chi connectivity index (χ0) is 19.3. The lowest BCUT2D eigenvalue weighted by molar-refractivity contribution is -0.274. The predicted octanol–water partition coefficient (Wildman–Crippen LogP) is 5.01. The predicted molar refractivity (Wildman–Crippen MR) is 105 cm³/mol. The van der Waals surface area contributed by atoms with E-state index in [-0.39, 0.29) is 5.75 Å². The smallest absolute Gasteiger partial charge is 0.406 e. The molecule has 148 valence electrons. The van der Waals surface area contributed by atoms with Gasteiger partial charge in [-0.25, -0.2) is 0 Å². The molecule has 0 unspecified atom stereocenters. The second-order valence-electron chi connectivity index (χ2n) is 7.55. The lowest BCUT2D eigenvalue weighted by atomic mass is 9.88. The van der Waals surface area contributed by atoms with Gasteiger partial charge in [-0.15, -0.1) is 24.9 Å². The Morgan fingerprint density at radius 2 is 1.93 bits per heavy atom. The van der Waals surface area contributed by atoms with Crippen molar-refractivity contribution in [3.8, 4) is 16.9 Å². The van der Waals surface area contributed by atoms with Crippen LogP contribution in [-0.4, -0.2) is 37.8 Å². The second-order valence-corrected chi connectivity index (χ2v) is 8.68. The largest absolute Gasteiger partial charge is 0.573 e. The van der Waals surface area contributed by atoms with E-state index in [0.29, 0.717) is 12.0 Å². The van der Waals surface area contributed by atoms with Crippen molar-refractivity contribution in [2.45, 2.75) is 36.1 Å². The molecule has 3 heterocycles. The fourth-order valence-electron chi connectivity index (χ4n) is 4.74. The highest BCUT2D eigenvalue weighted by Gasteiger charge is 2.41. The van der Waals surface area contributed by atoms with Gasteiger partial charge in [0.05, 0.1) is 5.69 Å². The lowest BCUT2D eigenvalue weighted by Crippen LogP contribution is -2.44. The summed E-state index contributed by atoms with van der Waals surface area (Å²) in [4.78, 5) is 3.91. The minimum absolute atomic E-state index is 0.187. The SMILES string of the molecule is FC(F)(F)Oc1ccc(-c2cc3c4c(c2)[C@@H]2CNCC[C@@H]2N4CCCS3)cc1. The van der Waals surface area contributed by atoms with Crippen LogP contribution >= 0.6 is 11.8 Å². The summed E-state index contributed by atoms with van der Waals surface area (Å²) in [6.07, 6.45) is -2.34. The first-order valence-electron chi connectivity index (χ1n) is 9.64. The number of fused-ring (bicyclic) bond motifs is 3. The summed E-state index contributed by atoms with van der Waals surface area (Å²) in [6, 6.07) is 11.2. The summed E-state index contributed by atoms with van der Waals surface area (Å²) in [5, 5.41) is 3.53. The van der Waals surface area contributed by atoms with Crippen LogP contribution in [0.3, 0.4) is 0 Å². The van der Waals surface area contributed by atoms with Gasteiger partial charge < -0.3 is 15.0 Å². The quantitative estimate of drug-likeness (QED) is 0.758. The number of thioether (sulfide) groups is 1. The maximum Gasteiger partial charge on any atom is 0.573 e. The van der Waals surface area contributed by atoms with Gasteiger partial charge in [0.15, 0.2) is 0 Å². The molecule has 2 aromatic rings. The fourth-order valence-corrected chi connectivity index (χ4v) is 5.82. The average Bonchev–Trinajstić information content (AvgIpc) is 2.83. The van der Waals surface area contributed by atoms with E-state index < -0.39 is 6.36 Å². The number of nitrogens with zero attached hydrogens (tertiary/aromatic N) is 1. The molecule has 0 aromatic heterocycles. The van der Waals surface area contributed by atoms with Gasteiger partial charge in [-0.1, -0.05) is 12.1 Å². The third-order valence-electron chi connectivity index (χ3n) is 5.86. The molecule has 0 bridgehead atoms. The number of hydrogen-bond acceptors (Lipinski definition) is 4. The van der Waals surface area contributed by atoms with E-state index in [1.54, 1.807) is 12.1 Å². The molecule has 0 aliphatic carbocycles. The van der Waals surface area contributed by atoms with Crippen molar-refractivity contribution in [3.63, 3.8) is 0 Å². The van der Waals surface area contributed by atoms with E-state index in [0.717, 1.165) is 42.9 Å². The third-order valence-corrected chi connectivity index (χ3v) is 6.97.